The summed E-state index contributed by atoms with van der Waals surface area (Å²) in [7, 11) is 0.594. The molecule has 268 valence electrons. The van der Waals surface area contributed by atoms with E-state index in [9.17, 15) is 14.2 Å². The summed E-state index contributed by atoms with van der Waals surface area (Å²) in [6, 6.07) is 25.0. The summed E-state index contributed by atoms with van der Waals surface area (Å²) in [5.74, 6) is 0.651. The predicted molar refractivity (Wildman–Crippen MR) is 193 cm³/mol. The van der Waals surface area contributed by atoms with Crippen LogP contribution in [0.4, 0.5) is 5.95 Å². The number of aromatic nitrogens is 4. The van der Waals surface area contributed by atoms with Crippen LogP contribution in [0.2, 0.25) is 0 Å². The van der Waals surface area contributed by atoms with Gasteiger partial charge < -0.3 is 28.2 Å². The van der Waals surface area contributed by atoms with Crippen LogP contribution >= 0.6 is 7.14 Å². The molecule has 0 radical (unpaired) electrons. The van der Waals surface area contributed by atoms with Gasteiger partial charge >= 0.3 is 0 Å². The maximum atomic E-state index is 13.2. The van der Waals surface area contributed by atoms with Crippen LogP contribution in [-0.2, 0) is 29.2 Å². The van der Waals surface area contributed by atoms with E-state index in [1.54, 1.807) is 46.0 Å². The van der Waals surface area contributed by atoms with E-state index in [0.29, 0.717) is 11.5 Å². The number of hydrogen-bond donors (Lipinski definition) is 2. The van der Waals surface area contributed by atoms with Gasteiger partial charge in [0.15, 0.2) is 17.4 Å². The van der Waals surface area contributed by atoms with Crippen molar-refractivity contribution in [1.82, 2.24) is 19.5 Å². The first-order chi connectivity index (χ1) is 24.4. The number of nitrogens with zero attached hydrogens (tertiary/aromatic N) is 3. The van der Waals surface area contributed by atoms with E-state index in [1.165, 1.54) is 6.33 Å². The van der Waals surface area contributed by atoms with Crippen LogP contribution < -0.4 is 20.3 Å². The lowest BCUT2D eigenvalue weighted by molar-refractivity contribution is -0.128. The Hall–Kier alpha value is -4.81. The van der Waals surface area contributed by atoms with Gasteiger partial charge in [0.25, 0.3) is 5.56 Å². The molecule has 1 aliphatic rings. The number of methoxy groups -OCH3 is 2. The quantitative estimate of drug-likeness (QED) is 0.116. The van der Waals surface area contributed by atoms with Crippen molar-refractivity contribution >= 4 is 30.2 Å². The van der Waals surface area contributed by atoms with Crippen LogP contribution in [0, 0.1) is 5.92 Å². The minimum atomic E-state index is -2.62. The lowest BCUT2D eigenvalue weighted by atomic mass is 9.79. The Bertz CT molecular complexity index is 2030. The summed E-state index contributed by atoms with van der Waals surface area (Å²) in [5, 5.41) is 2.67. The van der Waals surface area contributed by atoms with Gasteiger partial charge in [-0.05, 0) is 54.3 Å². The Morgan fingerprint density at radius 2 is 1.57 bits per heavy atom. The van der Waals surface area contributed by atoms with Crippen molar-refractivity contribution in [1.29, 1.82) is 0 Å². The summed E-state index contributed by atoms with van der Waals surface area (Å²) < 4.78 is 45.8. The Balaban J connectivity index is 1.55. The molecule has 1 aliphatic heterocycles. The van der Waals surface area contributed by atoms with Gasteiger partial charge in [-0.2, -0.15) is 4.98 Å². The summed E-state index contributed by atoms with van der Waals surface area (Å²) >= 11 is 0. The third-order valence-corrected chi connectivity index (χ3v) is 9.41. The number of imidazole rings is 1. The normalized spacial score (nSPS) is 17.9. The fourth-order valence-corrected chi connectivity index (χ4v) is 6.57. The first kappa shape index (κ1) is 36.0. The number of ether oxygens (including phenoxy) is 5. The average Bonchev–Trinajstić information content (AvgIpc) is 3.73. The van der Waals surface area contributed by atoms with Crippen molar-refractivity contribution < 1.29 is 33.0 Å². The van der Waals surface area contributed by atoms with Crippen LogP contribution in [0.15, 0.2) is 90.0 Å². The second-order valence-electron chi connectivity index (χ2n) is 13.1. The third kappa shape index (κ3) is 7.48. The van der Waals surface area contributed by atoms with E-state index in [4.69, 9.17) is 23.7 Å². The highest BCUT2D eigenvalue weighted by Crippen LogP contribution is 2.47. The topological polar surface area (TPSA) is 156 Å². The molecule has 1 amide bonds. The van der Waals surface area contributed by atoms with Crippen molar-refractivity contribution in [2.45, 2.75) is 37.9 Å². The number of fused-ring (bicyclic) bond motifs is 1. The second kappa shape index (κ2) is 14.8. The molecule has 1 fully saturated rings. The molecule has 14 heteroatoms. The molecule has 0 spiro atoms. The lowest BCUT2D eigenvalue weighted by Crippen LogP contribution is -2.43. The highest BCUT2D eigenvalue weighted by molar-refractivity contribution is 7.62. The molecule has 0 aliphatic carbocycles. The van der Waals surface area contributed by atoms with Crippen molar-refractivity contribution in [3.05, 3.63) is 112 Å². The number of aromatic amines is 1. The minimum Gasteiger partial charge on any atom is -0.497 e. The van der Waals surface area contributed by atoms with Gasteiger partial charge in [-0.3, -0.25) is 24.5 Å². The zero-order chi connectivity index (χ0) is 36.3. The molecule has 1 saturated heterocycles. The van der Waals surface area contributed by atoms with Gasteiger partial charge in [0.05, 0.1) is 33.5 Å². The number of benzene rings is 3. The number of anilines is 1. The maximum Gasteiger partial charge on any atom is 0.280 e. The summed E-state index contributed by atoms with van der Waals surface area (Å²) in [5.41, 5.74) is 0.800. The largest absolute Gasteiger partial charge is 0.497 e. The van der Waals surface area contributed by atoms with Crippen LogP contribution in [0.5, 0.6) is 11.5 Å². The van der Waals surface area contributed by atoms with Crippen molar-refractivity contribution in [3.63, 3.8) is 0 Å². The van der Waals surface area contributed by atoms with Crippen LogP contribution in [-0.4, -0.2) is 78.1 Å². The van der Waals surface area contributed by atoms with E-state index in [1.807, 2.05) is 78.9 Å². The number of amides is 1. The Morgan fingerprint density at radius 1 is 0.980 bits per heavy atom. The molecule has 0 unspecified atom stereocenters. The third-order valence-electron chi connectivity index (χ3n) is 8.64. The number of hydrogen-bond acceptors (Lipinski definition) is 10. The monoisotopic (exact) mass is 715 g/mol. The molecule has 5 aromatic rings. The van der Waals surface area contributed by atoms with Crippen LogP contribution in [0.1, 0.15) is 36.8 Å². The van der Waals surface area contributed by atoms with E-state index < -0.39 is 36.7 Å². The molecule has 0 bridgehead atoms. The number of nitrogens with one attached hydrogen (secondary N) is 2. The van der Waals surface area contributed by atoms with Gasteiger partial charge in [0.2, 0.25) is 11.9 Å². The zero-order valence-corrected chi connectivity index (χ0v) is 30.3. The van der Waals surface area contributed by atoms with Crippen molar-refractivity contribution in [2.75, 3.05) is 45.8 Å². The van der Waals surface area contributed by atoms with Crippen LogP contribution in [0.25, 0.3) is 11.2 Å². The molecule has 3 aromatic carbocycles. The molecule has 13 nitrogen and oxygen atoms in total. The molecule has 51 heavy (non-hydrogen) atoms. The number of H-pyrrole nitrogens is 1. The fraction of sp³-hybridized carbons (Fsp3) is 0.351. The predicted octanol–water partition coefficient (Wildman–Crippen LogP) is 5.60. The van der Waals surface area contributed by atoms with E-state index in [-0.39, 0.29) is 41.9 Å². The van der Waals surface area contributed by atoms with E-state index in [0.717, 1.165) is 16.7 Å². The van der Waals surface area contributed by atoms with Gasteiger partial charge in [-0.1, -0.05) is 68.4 Å². The smallest absolute Gasteiger partial charge is 0.280 e. The van der Waals surface area contributed by atoms with Gasteiger partial charge in [0, 0.05) is 5.92 Å². The maximum absolute atomic E-state index is 13.2. The SMILES string of the molecule is COc1ccc(C(O[C@@H]2[C@@H](OCP(C)(C)=O)CO[C@H]2n2cnc3c(=O)[nH]c(NC(=O)C(C)C)nc32)(c2ccccc2)c2ccc(OC)cc2)cc1. The zero-order valence-electron chi connectivity index (χ0n) is 29.4. The molecule has 3 atom stereocenters. The van der Waals surface area contributed by atoms with Gasteiger partial charge in [0.1, 0.15) is 36.4 Å². The van der Waals surface area contributed by atoms with Gasteiger partial charge in [-0.15, -0.1) is 0 Å². The summed E-state index contributed by atoms with van der Waals surface area (Å²) in [6.45, 7) is 6.87. The Kier molecular flexibility index (Phi) is 10.5. The molecule has 0 saturated carbocycles. The average molecular weight is 716 g/mol. The number of rotatable bonds is 13. The van der Waals surface area contributed by atoms with Gasteiger partial charge in [-0.25, -0.2) is 4.98 Å². The second-order valence-corrected chi connectivity index (χ2v) is 16.5. The molecule has 2 aromatic heterocycles. The standard InChI is InChI=1S/C37H42N5O8P/c1-23(2)33(43)40-36-39-32-30(34(44)41-36)38-21-42(32)35-31(29(20-48-35)49-22-51(5,6)45)50-37(24-10-8-7-9-11-24,25-12-16-27(46-3)17-13-25)26-14-18-28(47-4)19-15-26/h7-19,21,23,29,31,35H,20,22H2,1-6H3,(H2,39,40,41,43,44)/t29-,31+,35+/m0/s1. The van der Waals surface area contributed by atoms with Crippen molar-refractivity contribution in [3.8, 4) is 11.5 Å². The highest BCUT2D eigenvalue weighted by atomic mass is 31.2. The molecular weight excluding hydrogens is 673 g/mol. The van der Waals surface area contributed by atoms with E-state index >= 15 is 0 Å². The molecule has 3 heterocycles. The molecule has 6 rings (SSSR count). The lowest BCUT2D eigenvalue weighted by Gasteiger charge is -2.40. The molecular formula is C37H42N5O8P. The van der Waals surface area contributed by atoms with E-state index in [2.05, 4.69) is 20.3 Å². The number of carbonyl (C=O) groups excluding carboxylic acids is 1. The summed E-state index contributed by atoms with van der Waals surface area (Å²) in [4.78, 5) is 37.2. The highest BCUT2D eigenvalue weighted by Gasteiger charge is 2.49. The Morgan fingerprint density at radius 3 is 2.12 bits per heavy atom. The first-order valence-electron chi connectivity index (χ1n) is 16.5. The Labute approximate surface area is 295 Å². The van der Waals surface area contributed by atoms with Crippen molar-refractivity contribution in [2.24, 2.45) is 5.92 Å². The molecule has 2 N–H and O–H groups in total. The number of carbonyl (C=O) groups is 1. The summed E-state index contributed by atoms with van der Waals surface area (Å²) in [6.07, 6.45) is -1.06. The fourth-order valence-electron chi connectivity index (χ4n) is 6.02. The minimum absolute atomic E-state index is 0.00894. The first-order valence-corrected chi connectivity index (χ1v) is 19.3. The van der Waals surface area contributed by atoms with Crippen LogP contribution in [0.3, 0.4) is 0 Å².